The molecule has 0 aromatic carbocycles. The van der Waals surface area contributed by atoms with Gasteiger partial charge in [-0.25, -0.2) is 4.57 Å². The number of rotatable bonds is 39. The highest BCUT2D eigenvalue weighted by atomic mass is 31.2. The van der Waals surface area contributed by atoms with Gasteiger partial charge in [0.1, 0.15) is 19.3 Å². The van der Waals surface area contributed by atoms with Gasteiger partial charge in [-0.2, -0.15) is 0 Å². The molecule has 1 N–H and O–H groups in total. The molecule has 0 aliphatic carbocycles. The molecule has 0 radical (unpaired) electrons. The molecule has 8 nitrogen and oxygen atoms in total. The minimum Gasteiger partial charge on any atom is -0.457 e. The molecule has 0 saturated heterocycles. The predicted octanol–water partition coefficient (Wildman–Crippen LogP) is 11.7. The molecular weight excluding hydrogens is 637 g/mol. The Labute approximate surface area is 304 Å². The van der Waals surface area contributed by atoms with Crippen molar-refractivity contribution in [1.82, 2.24) is 0 Å². The predicted molar refractivity (Wildman–Crippen MR) is 206 cm³/mol. The smallest absolute Gasteiger partial charge is 0.457 e. The Morgan fingerprint density at radius 2 is 0.939 bits per heavy atom. The molecule has 49 heavy (non-hydrogen) atoms. The summed E-state index contributed by atoms with van der Waals surface area (Å²) in [5.41, 5.74) is 0. The molecule has 0 heterocycles. The number of carbonyl (C=O) groups excluding carboxylic acids is 1. The summed E-state index contributed by atoms with van der Waals surface area (Å²) < 4.78 is 34.8. The van der Waals surface area contributed by atoms with Crippen molar-refractivity contribution in [2.45, 2.75) is 200 Å². The number of esters is 1. The number of nitrogens with zero attached hydrogens (tertiary/aromatic N) is 1. The maximum Gasteiger partial charge on any atom is 0.472 e. The van der Waals surface area contributed by atoms with E-state index in [1.807, 2.05) is 21.1 Å². The summed E-state index contributed by atoms with van der Waals surface area (Å²) in [6.45, 7) is 5.62. The van der Waals surface area contributed by atoms with Crippen LogP contribution in [-0.2, 0) is 27.9 Å². The number of hydrogen-bond acceptors (Lipinski definition) is 6. The largest absolute Gasteiger partial charge is 0.472 e. The third kappa shape index (κ3) is 38.6. The number of phosphoric ester groups is 1. The number of phosphoric acid groups is 1. The van der Waals surface area contributed by atoms with Crippen LogP contribution in [0.4, 0.5) is 0 Å². The lowest BCUT2D eigenvalue weighted by atomic mass is 10.0. The Hall–Kier alpha value is -0.500. The highest BCUT2D eigenvalue weighted by Crippen LogP contribution is 2.43. The third-order valence-electron chi connectivity index (χ3n) is 9.17. The van der Waals surface area contributed by atoms with E-state index in [0.717, 1.165) is 32.1 Å². The number of ether oxygens (including phenoxy) is 2. The van der Waals surface area contributed by atoms with Crippen molar-refractivity contribution in [2.75, 3.05) is 54.1 Å². The van der Waals surface area contributed by atoms with E-state index in [1.54, 1.807) is 0 Å². The fourth-order valence-electron chi connectivity index (χ4n) is 5.91. The first-order valence-corrected chi connectivity index (χ1v) is 22.3. The van der Waals surface area contributed by atoms with E-state index in [-0.39, 0.29) is 25.8 Å². The fraction of sp³-hybridized carbons (Fsp3) is 0.975. The number of unbranched alkanes of at least 4 members (excludes halogenated alkanes) is 25. The standard InChI is InChI=1S/C40H82NO7P/c1-6-8-10-12-14-15-16-17-18-19-20-21-22-23-24-25-26-28-30-32-35-45-37-39(38-47-49(43,44)46-36-34-41(3,4)5)48-40(42)33-31-29-27-13-11-9-7-2/h39H,6-38H2,1-5H3/p+1. The second-order valence-corrected chi connectivity index (χ2v) is 16.8. The van der Waals surface area contributed by atoms with E-state index < -0.39 is 13.9 Å². The Kier molecular flexibility index (Phi) is 34.2. The van der Waals surface area contributed by atoms with Crippen LogP contribution in [0.15, 0.2) is 0 Å². The Bertz CT molecular complexity index is 761. The summed E-state index contributed by atoms with van der Waals surface area (Å²) >= 11 is 0. The monoisotopic (exact) mass is 721 g/mol. The van der Waals surface area contributed by atoms with Gasteiger partial charge in [0, 0.05) is 13.0 Å². The number of likely N-dealkylation sites (N-methyl/N-ethyl adjacent to an activating group) is 1. The van der Waals surface area contributed by atoms with E-state index in [2.05, 4.69) is 13.8 Å². The van der Waals surface area contributed by atoms with Crippen LogP contribution in [-0.4, -0.2) is 75.6 Å². The first-order valence-electron chi connectivity index (χ1n) is 20.8. The van der Waals surface area contributed by atoms with Crippen LogP contribution in [0.25, 0.3) is 0 Å². The van der Waals surface area contributed by atoms with Gasteiger partial charge >= 0.3 is 13.8 Å². The van der Waals surface area contributed by atoms with E-state index in [0.29, 0.717) is 24.1 Å². The molecule has 0 spiro atoms. The highest BCUT2D eigenvalue weighted by Gasteiger charge is 2.26. The van der Waals surface area contributed by atoms with E-state index in [4.69, 9.17) is 18.5 Å². The summed E-state index contributed by atoms with van der Waals surface area (Å²) in [6, 6.07) is 0. The molecule has 2 unspecified atom stereocenters. The molecule has 0 rings (SSSR count). The first kappa shape index (κ1) is 48.5. The summed E-state index contributed by atoms with van der Waals surface area (Å²) in [7, 11) is 1.68. The number of carbonyl (C=O) groups is 1. The lowest BCUT2D eigenvalue weighted by Gasteiger charge is -2.24. The Morgan fingerprint density at radius 3 is 1.35 bits per heavy atom. The van der Waals surface area contributed by atoms with Gasteiger partial charge in [0.05, 0.1) is 34.4 Å². The van der Waals surface area contributed by atoms with Crippen LogP contribution < -0.4 is 0 Å². The molecule has 0 fully saturated rings. The summed E-state index contributed by atoms with van der Waals surface area (Å²) in [5.74, 6) is -0.316. The molecular formula is C40H83NO7P+. The molecule has 9 heteroatoms. The zero-order chi connectivity index (χ0) is 36.3. The summed E-state index contributed by atoms with van der Waals surface area (Å²) in [4.78, 5) is 22.7. The maximum atomic E-state index is 12.5. The molecule has 294 valence electrons. The second kappa shape index (κ2) is 34.6. The van der Waals surface area contributed by atoms with E-state index in [1.165, 1.54) is 141 Å². The Morgan fingerprint density at radius 1 is 0.551 bits per heavy atom. The Balaban J connectivity index is 4.03. The van der Waals surface area contributed by atoms with Gasteiger partial charge in [0.15, 0.2) is 0 Å². The van der Waals surface area contributed by atoms with Crippen LogP contribution in [0, 0.1) is 0 Å². The average molecular weight is 721 g/mol. The molecule has 0 saturated carbocycles. The lowest BCUT2D eigenvalue weighted by molar-refractivity contribution is -0.870. The van der Waals surface area contributed by atoms with Crippen molar-refractivity contribution >= 4 is 13.8 Å². The van der Waals surface area contributed by atoms with E-state index >= 15 is 0 Å². The van der Waals surface area contributed by atoms with Gasteiger partial charge < -0.3 is 18.9 Å². The quantitative estimate of drug-likeness (QED) is 0.0292. The molecule has 0 aliphatic heterocycles. The number of hydrogen-bond donors (Lipinski definition) is 1. The minimum absolute atomic E-state index is 0.0932. The van der Waals surface area contributed by atoms with Gasteiger partial charge in [-0.3, -0.25) is 13.8 Å². The molecule has 0 aromatic rings. The van der Waals surface area contributed by atoms with E-state index in [9.17, 15) is 14.3 Å². The highest BCUT2D eigenvalue weighted by molar-refractivity contribution is 7.47. The fourth-order valence-corrected chi connectivity index (χ4v) is 6.65. The normalized spacial score (nSPS) is 13.8. The molecule has 0 aromatic heterocycles. The van der Waals surface area contributed by atoms with Crippen molar-refractivity contribution in [3.05, 3.63) is 0 Å². The lowest BCUT2D eigenvalue weighted by Crippen LogP contribution is -2.37. The topological polar surface area (TPSA) is 91.3 Å². The zero-order valence-electron chi connectivity index (χ0n) is 33.2. The van der Waals surface area contributed by atoms with Crippen molar-refractivity contribution in [3.8, 4) is 0 Å². The van der Waals surface area contributed by atoms with Crippen molar-refractivity contribution in [1.29, 1.82) is 0 Å². The van der Waals surface area contributed by atoms with Gasteiger partial charge in [0.2, 0.25) is 0 Å². The average Bonchev–Trinajstić information content (AvgIpc) is 3.04. The third-order valence-corrected chi connectivity index (χ3v) is 10.2. The molecule has 0 bridgehead atoms. The van der Waals surface area contributed by atoms with Crippen LogP contribution in [0.5, 0.6) is 0 Å². The first-order chi connectivity index (χ1) is 23.6. The number of quaternary nitrogens is 1. The zero-order valence-corrected chi connectivity index (χ0v) is 34.1. The minimum atomic E-state index is -4.25. The molecule has 0 aliphatic rings. The van der Waals surface area contributed by atoms with Crippen LogP contribution in [0.2, 0.25) is 0 Å². The molecule has 0 amide bonds. The van der Waals surface area contributed by atoms with Crippen LogP contribution in [0.3, 0.4) is 0 Å². The maximum absolute atomic E-state index is 12.5. The van der Waals surface area contributed by atoms with Gasteiger partial charge in [-0.15, -0.1) is 0 Å². The van der Waals surface area contributed by atoms with Crippen molar-refractivity contribution in [3.63, 3.8) is 0 Å². The molecule has 2 atom stereocenters. The van der Waals surface area contributed by atoms with Crippen LogP contribution in [0.1, 0.15) is 194 Å². The second-order valence-electron chi connectivity index (χ2n) is 15.4. The summed E-state index contributed by atoms with van der Waals surface area (Å²) in [6.07, 6.45) is 34.4. The van der Waals surface area contributed by atoms with Crippen LogP contribution >= 0.6 is 7.82 Å². The van der Waals surface area contributed by atoms with Crippen molar-refractivity contribution in [2.24, 2.45) is 0 Å². The van der Waals surface area contributed by atoms with Gasteiger partial charge in [-0.1, -0.05) is 174 Å². The van der Waals surface area contributed by atoms with Crippen molar-refractivity contribution < 1.29 is 37.3 Å². The SMILES string of the molecule is CCCCCCCCCCCCCCCCCCCCCCOCC(COP(=O)(O)OCC[N+](C)(C)C)OC(=O)CCCCCCCCC. The van der Waals surface area contributed by atoms with Gasteiger partial charge in [0.25, 0.3) is 0 Å². The summed E-state index contributed by atoms with van der Waals surface area (Å²) in [5, 5.41) is 0. The van der Waals surface area contributed by atoms with Gasteiger partial charge in [-0.05, 0) is 12.8 Å².